The second kappa shape index (κ2) is 11.8. The van der Waals surface area contributed by atoms with Gasteiger partial charge in [-0.15, -0.1) is 0 Å². The van der Waals surface area contributed by atoms with Crippen molar-refractivity contribution >= 4 is 45.6 Å². The zero-order valence-corrected chi connectivity index (χ0v) is 19.8. The first-order valence-corrected chi connectivity index (χ1v) is 10.5. The van der Waals surface area contributed by atoms with E-state index in [4.69, 9.17) is 9.47 Å². The van der Waals surface area contributed by atoms with Crippen LogP contribution < -0.4 is 25.5 Å². The Morgan fingerprint density at radius 2 is 1.88 bits per heavy atom. The van der Waals surface area contributed by atoms with E-state index >= 15 is 0 Å². The van der Waals surface area contributed by atoms with Gasteiger partial charge in [-0.25, -0.2) is 5.43 Å². The third kappa shape index (κ3) is 7.38. The van der Waals surface area contributed by atoms with Gasteiger partial charge in [0.1, 0.15) is 0 Å². The Hall–Kier alpha value is -3.40. The lowest BCUT2D eigenvalue weighted by atomic mass is 10.2. The topological polar surface area (TPSA) is 118 Å². The number of nitrogens with zero attached hydrogens (tertiary/aromatic N) is 1. The van der Waals surface area contributed by atoms with Gasteiger partial charge in [0.05, 0.1) is 17.8 Å². The third-order valence-corrected chi connectivity index (χ3v) is 4.61. The molecule has 3 N–H and O–H groups in total. The van der Waals surface area contributed by atoms with Gasteiger partial charge < -0.3 is 20.1 Å². The predicted molar refractivity (Wildman–Crippen MR) is 125 cm³/mol. The molecule has 2 aromatic rings. The van der Waals surface area contributed by atoms with Gasteiger partial charge >= 0.3 is 11.8 Å². The van der Waals surface area contributed by atoms with Crippen LogP contribution in [0.2, 0.25) is 0 Å². The molecule has 0 saturated heterocycles. The van der Waals surface area contributed by atoms with Crippen LogP contribution in [-0.2, 0) is 14.4 Å². The largest absolute Gasteiger partial charge is 0.493 e. The van der Waals surface area contributed by atoms with Crippen molar-refractivity contribution in [1.29, 1.82) is 0 Å². The van der Waals surface area contributed by atoms with Crippen LogP contribution in [0.4, 0.5) is 5.69 Å². The molecule has 10 heteroatoms. The van der Waals surface area contributed by atoms with Crippen LogP contribution in [-0.4, -0.2) is 43.7 Å². The number of hydrogen-bond acceptors (Lipinski definition) is 6. The molecular weight excluding hydrogens is 480 g/mol. The summed E-state index contributed by atoms with van der Waals surface area (Å²) < 4.78 is 11.5. The van der Waals surface area contributed by atoms with Gasteiger partial charge in [-0.2, -0.15) is 5.10 Å². The molecule has 2 rings (SSSR count). The van der Waals surface area contributed by atoms with E-state index in [1.54, 1.807) is 26.0 Å². The maximum absolute atomic E-state index is 12.3. The van der Waals surface area contributed by atoms with Crippen molar-refractivity contribution in [2.24, 2.45) is 5.10 Å². The van der Waals surface area contributed by atoms with E-state index in [0.29, 0.717) is 27.2 Å². The number of aryl methyl sites for hydroxylation is 1. The number of carbonyl (C=O) groups is 3. The quantitative estimate of drug-likeness (QED) is 0.290. The number of para-hydroxylation sites is 1. The summed E-state index contributed by atoms with van der Waals surface area (Å²) in [6, 6.07) is 10.6. The standard InChI is InChI=1S/C22H25BrN4O5/c1-13(2)25-21(29)22(30)27-24-11-15-9-16(23)20(18(10-15)31-4)32-12-19(28)26-17-8-6-5-7-14(17)3/h5-11,13H,12H2,1-4H3,(H,25,29)(H,26,28)(H,27,30)/b24-11-. The molecule has 2 aromatic carbocycles. The lowest BCUT2D eigenvalue weighted by molar-refractivity contribution is -0.139. The summed E-state index contributed by atoms with van der Waals surface area (Å²) >= 11 is 3.39. The summed E-state index contributed by atoms with van der Waals surface area (Å²) in [4.78, 5) is 35.5. The average Bonchev–Trinajstić information content (AvgIpc) is 2.73. The monoisotopic (exact) mass is 504 g/mol. The number of halogens is 1. The molecule has 0 aliphatic rings. The van der Waals surface area contributed by atoms with Crippen molar-refractivity contribution in [3.05, 3.63) is 52.0 Å². The van der Waals surface area contributed by atoms with Gasteiger partial charge in [0, 0.05) is 11.7 Å². The fourth-order valence-electron chi connectivity index (χ4n) is 2.54. The molecular formula is C22H25BrN4O5. The number of benzene rings is 2. The average molecular weight is 505 g/mol. The van der Waals surface area contributed by atoms with Crippen molar-refractivity contribution in [3.8, 4) is 11.5 Å². The number of amides is 3. The third-order valence-electron chi connectivity index (χ3n) is 4.02. The number of methoxy groups -OCH3 is 1. The van der Waals surface area contributed by atoms with Gasteiger partial charge in [-0.05, 0) is 66.0 Å². The zero-order chi connectivity index (χ0) is 23.7. The van der Waals surface area contributed by atoms with Crippen molar-refractivity contribution < 1.29 is 23.9 Å². The second-order valence-corrected chi connectivity index (χ2v) is 7.87. The fourth-order valence-corrected chi connectivity index (χ4v) is 3.11. The van der Waals surface area contributed by atoms with Crippen molar-refractivity contribution in [3.63, 3.8) is 0 Å². The first-order chi connectivity index (χ1) is 15.2. The molecule has 0 saturated carbocycles. The Morgan fingerprint density at radius 3 is 2.53 bits per heavy atom. The van der Waals surface area contributed by atoms with E-state index < -0.39 is 11.8 Å². The molecule has 0 fully saturated rings. The number of nitrogens with one attached hydrogen (secondary N) is 3. The minimum Gasteiger partial charge on any atom is -0.493 e. The molecule has 0 radical (unpaired) electrons. The molecule has 0 aliphatic carbocycles. The summed E-state index contributed by atoms with van der Waals surface area (Å²) in [7, 11) is 1.46. The lowest BCUT2D eigenvalue weighted by Crippen LogP contribution is -2.41. The molecule has 0 aromatic heterocycles. The van der Waals surface area contributed by atoms with Crippen molar-refractivity contribution in [1.82, 2.24) is 10.7 Å². The highest BCUT2D eigenvalue weighted by atomic mass is 79.9. The highest BCUT2D eigenvalue weighted by Crippen LogP contribution is 2.36. The van der Waals surface area contributed by atoms with Crippen LogP contribution in [0.1, 0.15) is 25.0 Å². The maximum Gasteiger partial charge on any atom is 0.329 e. The Labute approximate surface area is 194 Å². The van der Waals surface area contributed by atoms with E-state index in [0.717, 1.165) is 5.56 Å². The van der Waals surface area contributed by atoms with Gasteiger partial charge in [-0.3, -0.25) is 14.4 Å². The minimum atomic E-state index is -0.874. The molecule has 32 heavy (non-hydrogen) atoms. The number of rotatable bonds is 8. The summed E-state index contributed by atoms with van der Waals surface area (Å²) in [6.07, 6.45) is 1.35. The minimum absolute atomic E-state index is 0.163. The highest BCUT2D eigenvalue weighted by Gasteiger charge is 2.15. The number of hydrogen-bond donors (Lipinski definition) is 3. The van der Waals surface area contributed by atoms with Crippen LogP contribution in [0.5, 0.6) is 11.5 Å². The molecule has 0 aliphatic heterocycles. The Kier molecular flexibility index (Phi) is 9.21. The summed E-state index contributed by atoms with van der Waals surface area (Å²) in [6.45, 7) is 5.16. The van der Waals surface area contributed by atoms with Crippen LogP contribution in [0.3, 0.4) is 0 Å². The van der Waals surface area contributed by atoms with Gasteiger partial charge in [-0.1, -0.05) is 18.2 Å². The normalized spacial score (nSPS) is 10.7. The SMILES string of the molecule is COc1cc(/C=N\NC(=O)C(=O)NC(C)C)cc(Br)c1OCC(=O)Nc1ccccc1C. The molecule has 0 spiro atoms. The Morgan fingerprint density at radius 1 is 1.16 bits per heavy atom. The second-order valence-electron chi connectivity index (χ2n) is 7.01. The van der Waals surface area contributed by atoms with Crippen molar-refractivity contribution in [2.75, 3.05) is 19.0 Å². The Bertz CT molecular complexity index is 1020. The fraction of sp³-hybridized carbons (Fsp3) is 0.273. The number of hydrazone groups is 1. The molecule has 9 nitrogen and oxygen atoms in total. The molecule has 0 bridgehead atoms. The van der Waals surface area contributed by atoms with E-state index in [1.165, 1.54) is 13.3 Å². The van der Waals surface area contributed by atoms with Crippen LogP contribution in [0, 0.1) is 6.92 Å². The van der Waals surface area contributed by atoms with E-state index in [2.05, 4.69) is 37.1 Å². The first-order valence-electron chi connectivity index (χ1n) is 9.71. The van der Waals surface area contributed by atoms with E-state index in [9.17, 15) is 14.4 Å². The molecule has 170 valence electrons. The smallest absolute Gasteiger partial charge is 0.329 e. The summed E-state index contributed by atoms with van der Waals surface area (Å²) in [5, 5.41) is 9.04. The first kappa shape index (κ1) is 24.9. The number of carbonyl (C=O) groups excluding carboxylic acids is 3. The summed E-state index contributed by atoms with van der Waals surface area (Å²) in [5.41, 5.74) is 4.37. The van der Waals surface area contributed by atoms with E-state index in [-0.39, 0.29) is 18.6 Å². The van der Waals surface area contributed by atoms with Gasteiger partial charge in [0.25, 0.3) is 5.91 Å². The van der Waals surface area contributed by atoms with Crippen LogP contribution in [0.15, 0.2) is 46.0 Å². The predicted octanol–water partition coefficient (Wildman–Crippen LogP) is 2.76. The lowest BCUT2D eigenvalue weighted by Gasteiger charge is -2.14. The van der Waals surface area contributed by atoms with Gasteiger partial charge in [0.15, 0.2) is 18.1 Å². The van der Waals surface area contributed by atoms with Crippen LogP contribution in [0.25, 0.3) is 0 Å². The van der Waals surface area contributed by atoms with Gasteiger partial charge in [0.2, 0.25) is 0 Å². The molecule has 0 unspecified atom stereocenters. The molecule has 3 amide bonds. The number of ether oxygens (including phenoxy) is 2. The maximum atomic E-state index is 12.3. The molecule has 0 atom stereocenters. The summed E-state index contributed by atoms with van der Waals surface area (Å²) in [5.74, 6) is -1.27. The van der Waals surface area contributed by atoms with E-state index in [1.807, 2.05) is 31.2 Å². The highest BCUT2D eigenvalue weighted by molar-refractivity contribution is 9.10. The molecule has 0 heterocycles. The van der Waals surface area contributed by atoms with Crippen LogP contribution >= 0.6 is 15.9 Å². The Balaban J connectivity index is 2.02. The van der Waals surface area contributed by atoms with Crippen molar-refractivity contribution in [2.45, 2.75) is 26.8 Å². The zero-order valence-electron chi connectivity index (χ0n) is 18.2. The number of anilines is 1.